The lowest BCUT2D eigenvalue weighted by Gasteiger charge is -2.32. The highest BCUT2D eigenvalue weighted by atomic mass is 19.4. The van der Waals surface area contributed by atoms with Gasteiger partial charge in [-0.2, -0.15) is 0 Å². The Bertz CT molecular complexity index is 1160. The van der Waals surface area contributed by atoms with E-state index < -0.39 is 60.0 Å². The summed E-state index contributed by atoms with van der Waals surface area (Å²) in [5, 5.41) is 0. The maximum Gasteiger partial charge on any atom is 0.573 e. The zero-order valence-corrected chi connectivity index (χ0v) is 23.8. The lowest BCUT2D eigenvalue weighted by Crippen LogP contribution is -2.49. The quantitative estimate of drug-likeness (QED) is 0.177. The third-order valence-corrected chi connectivity index (χ3v) is 5.42. The third kappa shape index (κ3) is 12.5. The van der Waals surface area contributed by atoms with Crippen LogP contribution >= 0.6 is 0 Å². The highest BCUT2D eigenvalue weighted by Gasteiger charge is 2.38. The number of benzene rings is 2. The number of likely N-dealkylation sites (N-methyl/N-ethyl adjacent to an activating group) is 1. The van der Waals surface area contributed by atoms with Crippen molar-refractivity contribution in [2.75, 3.05) is 7.05 Å². The van der Waals surface area contributed by atoms with Crippen molar-refractivity contribution in [3.05, 3.63) is 65.7 Å². The summed E-state index contributed by atoms with van der Waals surface area (Å²) < 4.78 is 72.3. The molecular formula is C29H35F4NO7. The van der Waals surface area contributed by atoms with Gasteiger partial charge in [-0.15, -0.1) is 13.2 Å². The van der Waals surface area contributed by atoms with Crippen LogP contribution in [-0.4, -0.2) is 59.8 Å². The van der Waals surface area contributed by atoms with Crippen LogP contribution < -0.4 is 4.74 Å². The molecule has 0 saturated heterocycles. The van der Waals surface area contributed by atoms with Crippen LogP contribution in [0, 0.1) is 0 Å². The largest absolute Gasteiger partial charge is 0.573 e. The van der Waals surface area contributed by atoms with Gasteiger partial charge in [-0.05, 0) is 57.9 Å². The first-order valence-corrected chi connectivity index (χ1v) is 12.7. The van der Waals surface area contributed by atoms with Crippen LogP contribution in [-0.2, 0) is 36.8 Å². The molecule has 1 amide bonds. The number of amides is 1. The van der Waals surface area contributed by atoms with Crippen molar-refractivity contribution in [2.24, 2.45) is 0 Å². The SMILES string of the molecule is CN(C(=O)OC(C)(C)C)C(CC(C)(C)F)C(=O)O[C@H](Cc1ccc(OC(F)(F)F)cc1)C(=O)OCc1ccccc1. The van der Waals surface area contributed by atoms with Gasteiger partial charge >= 0.3 is 24.4 Å². The van der Waals surface area contributed by atoms with Crippen LogP contribution in [0.1, 0.15) is 52.2 Å². The van der Waals surface area contributed by atoms with Crippen molar-refractivity contribution in [3.63, 3.8) is 0 Å². The Hall–Kier alpha value is -3.83. The number of halogens is 4. The van der Waals surface area contributed by atoms with E-state index in [0.29, 0.717) is 11.1 Å². The molecule has 0 N–H and O–H groups in total. The van der Waals surface area contributed by atoms with Gasteiger partial charge in [0.05, 0.1) is 0 Å². The van der Waals surface area contributed by atoms with Crippen molar-refractivity contribution < 1.29 is 50.9 Å². The number of rotatable bonds is 11. The zero-order chi connectivity index (χ0) is 31.0. The van der Waals surface area contributed by atoms with Gasteiger partial charge in [-0.25, -0.2) is 18.8 Å². The van der Waals surface area contributed by atoms with Crippen molar-refractivity contribution >= 4 is 18.0 Å². The van der Waals surface area contributed by atoms with Gasteiger partial charge in [0.15, 0.2) is 0 Å². The molecule has 0 radical (unpaired) electrons. The molecular weight excluding hydrogens is 550 g/mol. The summed E-state index contributed by atoms with van der Waals surface area (Å²) in [6.07, 6.45) is -8.13. The van der Waals surface area contributed by atoms with E-state index in [4.69, 9.17) is 14.2 Å². The molecule has 2 rings (SSSR count). The second-order valence-electron chi connectivity index (χ2n) is 10.9. The molecule has 226 valence electrons. The van der Waals surface area contributed by atoms with Gasteiger partial charge < -0.3 is 18.9 Å². The molecule has 2 aromatic rings. The molecule has 8 nitrogen and oxygen atoms in total. The van der Waals surface area contributed by atoms with Gasteiger partial charge in [-0.3, -0.25) is 4.90 Å². The molecule has 41 heavy (non-hydrogen) atoms. The summed E-state index contributed by atoms with van der Waals surface area (Å²) in [6, 6.07) is 11.8. The summed E-state index contributed by atoms with van der Waals surface area (Å²) in [5.74, 6) is -2.52. The fourth-order valence-corrected chi connectivity index (χ4v) is 3.55. The van der Waals surface area contributed by atoms with E-state index in [9.17, 15) is 31.9 Å². The third-order valence-electron chi connectivity index (χ3n) is 5.42. The Labute approximate surface area is 236 Å². The van der Waals surface area contributed by atoms with Gasteiger partial charge in [-0.1, -0.05) is 42.5 Å². The second-order valence-corrected chi connectivity index (χ2v) is 10.9. The van der Waals surface area contributed by atoms with Crippen molar-refractivity contribution in [1.29, 1.82) is 0 Å². The smallest absolute Gasteiger partial charge is 0.458 e. The Morgan fingerprint density at radius 2 is 1.41 bits per heavy atom. The molecule has 0 aliphatic carbocycles. The summed E-state index contributed by atoms with van der Waals surface area (Å²) in [5.41, 5.74) is -1.85. The molecule has 2 atom stereocenters. The molecule has 1 unspecified atom stereocenters. The number of carbonyl (C=O) groups is 3. The second kappa shape index (κ2) is 13.7. The highest BCUT2D eigenvalue weighted by molar-refractivity contribution is 5.85. The highest BCUT2D eigenvalue weighted by Crippen LogP contribution is 2.25. The number of ether oxygens (including phenoxy) is 4. The summed E-state index contributed by atoms with van der Waals surface area (Å²) >= 11 is 0. The van der Waals surface area contributed by atoms with E-state index in [2.05, 4.69) is 4.74 Å². The van der Waals surface area contributed by atoms with Crippen molar-refractivity contribution in [1.82, 2.24) is 4.90 Å². The van der Waals surface area contributed by atoms with Crippen LogP contribution in [0.3, 0.4) is 0 Å². The normalized spacial score (nSPS) is 13.5. The fourth-order valence-electron chi connectivity index (χ4n) is 3.55. The minimum Gasteiger partial charge on any atom is -0.458 e. The first kappa shape index (κ1) is 33.4. The number of hydrogen-bond donors (Lipinski definition) is 0. The molecule has 12 heteroatoms. The van der Waals surface area contributed by atoms with E-state index in [1.807, 2.05) is 0 Å². The van der Waals surface area contributed by atoms with E-state index in [1.165, 1.54) is 33.0 Å². The average Bonchev–Trinajstić information content (AvgIpc) is 2.84. The summed E-state index contributed by atoms with van der Waals surface area (Å²) in [7, 11) is 1.24. The fraction of sp³-hybridized carbons (Fsp3) is 0.483. The van der Waals surface area contributed by atoms with Gasteiger partial charge in [0.1, 0.15) is 29.7 Å². The topological polar surface area (TPSA) is 91.4 Å². The van der Waals surface area contributed by atoms with Crippen molar-refractivity contribution in [3.8, 4) is 5.75 Å². The van der Waals surface area contributed by atoms with E-state index in [0.717, 1.165) is 17.0 Å². The maximum atomic E-state index is 14.7. The molecule has 0 aliphatic rings. The maximum absolute atomic E-state index is 14.7. The first-order valence-electron chi connectivity index (χ1n) is 12.7. The molecule has 0 heterocycles. The molecule has 2 aromatic carbocycles. The van der Waals surface area contributed by atoms with Crippen LogP contribution in [0.15, 0.2) is 54.6 Å². The van der Waals surface area contributed by atoms with Gasteiger partial charge in [0.25, 0.3) is 0 Å². The lowest BCUT2D eigenvalue weighted by atomic mass is 10.00. The minimum atomic E-state index is -4.89. The molecule has 0 spiro atoms. The molecule has 0 aliphatic heterocycles. The standard InChI is InChI=1S/C29H35F4NO7/c1-27(2,3)41-26(37)34(6)22(17-28(4,5)30)24(35)39-23(25(36)38-18-20-10-8-7-9-11-20)16-19-12-14-21(15-13-19)40-29(31,32)33/h7-15,22-23H,16-18H2,1-6H3/t22?,23-/m1/s1. The predicted octanol–water partition coefficient (Wildman–Crippen LogP) is 6.16. The molecule has 0 bridgehead atoms. The molecule has 0 fully saturated rings. The first-order chi connectivity index (χ1) is 18.8. The van der Waals surface area contributed by atoms with Gasteiger partial charge in [0, 0.05) is 19.9 Å². The van der Waals surface area contributed by atoms with E-state index in [1.54, 1.807) is 51.1 Å². The number of hydrogen-bond acceptors (Lipinski definition) is 7. The van der Waals surface area contributed by atoms with Gasteiger partial charge in [0.2, 0.25) is 6.10 Å². The number of nitrogens with zero attached hydrogens (tertiary/aromatic N) is 1. The van der Waals surface area contributed by atoms with Crippen LogP contribution in [0.2, 0.25) is 0 Å². The Morgan fingerprint density at radius 1 is 0.829 bits per heavy atom. The van der Waals surface area contributed by atoms with Crippen LogP contribution in [0.25, 0.3) is 0 Å². The van der Waals surface area contributed by atoms with Crippen molar-refractivity contribution in [2.45, 2.75) is 83.8 Å². The Balaban J connectivity index is 2.30. The number of esters is 2. The lowest BCUT2D eigenvalue weighted by molar-refractivity contribution is -0.274. The zero-order valence-electron chi connectivity index (χ0n) is 23.8. The minimum absolute atomic E-state index is 0.148. The Kier molecular flexibility index (Phi) is 11.1. The Morgan fingerprint density at radius 3 is 1.93 bits per heavy atom. The molecule has 0 aromatic heterocycles. The van der Waals surface area contributed by atoms with E-state index in [-0.39, 0.29) is 13.0 Å². The summed E-state index contributed by atoms with van der Waals surface area (Å²) in [6.45, 7) is 7.14. The number of alkyl halides is 4. The summed E-state index contributed by atoms with van der Waals surface area (Å²) in [4.78, 5) is 40.0. The molecule has 0 saturated carbocycles. The van der Waals surface area contributed by atoms with Crippen LogP contribution in [0.5, 0.6) is 5.75 Å². The average molecular weight is 586 g/mol. The van der Waals surface area contributed by atoms with Crippen LogP contribution in [0.4, 0.5) is 22.4 Å². The predicted molar refractivity (Wildman–Crippen MR) is 141 cm³/mol. The van der Waals surface area contributed by atoms with E-state index >= 15 is 0 Å². The monoisotopic (exact) mass is 585 g/mol. The number of carbonyl (C=O) groups excluding carboxylic acids is 3.